The number of piperazine rings is 1. The van der Waals surface area contributed by atoms with E-state index in [0.717, 1.165) is 38.4 Å². The van der Waals surface area contributed by atoms with Gasteiger partial charge in [-0.2, -0.15) is 0 Å². The molecular weight excluding hydrogens is 253 g/mol. The van der Waals surface area contributed by atoms with E-state index in [-0.39, 0.29) is 12.1 Å². The lowest BCUT2D eigenvalue weighted by Crippen LogP contribution is -2.46. The van der Waals surface area contributed by atoms with Gasteiger partial charge in [-0.3, -0.25) is 14.8 Å². The van der Waals surface area contributed by atoms with E-state index in [1.165, 1.54) is 5.56 Å². The third-order valence-corrected chi connectivity index (χ3v) is 3.86. The van der Waals surface area contributed by atoms with Gasteiger partial charge in [0, 0.05) is 56.6 Å². The smallest absolute Gasteiger partial charge is 0.102 e. The van der Waals surface area contributed by atoms with Crippen LogP contribution in [0.25, 0.3) is 0 Å². The highest BCUT2D eigenvalue weighted by Gasteiger charge is 2.18. The van der Waals surface area contributed by atoms with Gasteiger partial charge in [-0.15, -0.1) is 0 Å². The van der Waals surface area contributed by atoms with Gasteiger partial charge < -0.3 is 0 Å². The van der Waals surface area contributed by atoms with Crippen molar-refractivity contribution in [1.29, 1.82) is 0 Å². The Balaban J connectivity index is 1.85. The molecule has 1 saturated heterocycles. The van der Waals surface area contributed by atoms with Crippen molar-refractivity contribution in [2.24, 2.45) is 0 Å². The zero-order chi connectivity index (χ0) is 14.6. The second kappa shape index (κ2) is 6.64. The number of nitrogens with zero attached hydrogens (tertiary/aromatic N) is 3. The molecule has 1 aliphatic rings. The number of alkyl halides is 1. The van der Waals surface area contributed by atoms with Crippen LogP contribution in [0.3, 0.4) is 0 Å². The highest BCUT2D eigenvalue weighted by Crippen LogP contribution is 2.20. The van der Waals surface area contributed by atoms with Gasteiger partial charge in [0.05, 0.1) is 0 Å². The Morgan fingerprint density at radius 3 is 2.25 bits per heavy atom. The normalized spacial score (nSPS) is 18.4. The number of hydrogen-bond acceptors (Lipinski definition) is 3. The van der Waals surface area contributed by atoms with Crippen LogP contribution in [0.5, 0.6) is 0 Å². The van der Waals surface area contributed by atoms with E-state index in [0.29, 0.717) is 6.54 Å². The summed E-state index contributed by atoms with van der Waals surface area (Å²) >= 11 is 0. The van der Waals surface area contributed by atoms with Crippen LogP contribution in [0.15, 0.2) is 18.3 Å². The summed E-state index contributed by atoms with van der Waals surface area (Å²) in [4.78, 5) is 9.18. The summed E-state index contributed by atoms with van der Waals surface area (Å²) in [5.74, 6) is 0. The Hall–Kier alpha value is -1.00. The molecule has 1 aromatic rings. The summed E-state index contributed by atoms with van der Waals surface area (Å²) in [7, 11) is 0. The summed E-state index contributed by atoms with van der Waals surface area (Å²) in [6.07, 6.45) is 1.99. The maximum absolute atomic E-state index is 12.3. The van der Waals surface area contributed by atoms with Crippen LogP contribution in [0, 0.1) is 0 Å². The first kappa shape index (κ1) is 15.4. The van der Waals surface area contributed by atoms with E-state index in [2.05, 4.69) is 47.7 Å². The first-order valence-electron chi connectivity index (χ1n) is 7.45. The molecule has 0 unspecified atom stereocenters. The van der Waals surface area contributed by atoms with Gasteiger partial charge >= 0.3 is 0 Å². The van der Waals surface area contributed by atoms with Crippen molar-refractivity contribution >= 4 is 0 Å². The highest BCUT2D eigenvalue weighted by atomic mass is 19.1. The molecule has 0 radical (unpaired) electrons. The van der Waals surface area contributed by atoms with Crippen LogP contribution in [-0.2, 0) is 12.0 Å². The van der Waals surface area contributed by atoms with Crippen LogP contribution < -0.4 is 0 Å². The van der Waals surface area contributed by atoms with Crippen LogP contribution in [0.4, 0.5) is 4.39 Å². The first-order valence-corrected chi connectivity index (χ1v) is 7.45. The molecular formula is C16H26FN3. The second-order valence-electron chi connectivity index (χ2n) is 6.61. The lowest BCUT2D eigenvalue weighted by molar-refractivity contribution is 0.121. The Morgan fingerprint density at radius 1 is 1.10 bits per heavy atom. The van der Waals surface area contributed by atoms with E-state index < -0.39 is 0 Å². The largest absolute Gasteiger partial charge is 0.298 e. The van der Waals surface area contributed by atoms with Gasteiger partial charge in [0.1, 0.15) is 6.67 Å². The Kier molecular flexibility index (Phi) is 5.11. The topological polar surface area (TPSA) is 19.4 Å². The Bertz CT molecular complexity index is 403. The standard InChI is InChI=1S/C16H26FN3/c1-16(2,3)15-5-4-14(12-18-15)13-20-10-8-19(7-6-17)9-11-20/h4-5,12H,6-11,13H2,1-3H3. The maximum Gasteiger partial charge on any atom is 0.102 e. The van der Waals surface area contributed by atoms with E-state index in [1.54, 1.807) is 0 Å². The van der Waals surface area contributed by atoms with Gasteiger partial charge in [-0.1, -0.05) is 26.8 Å². The molecule has 2 rings (SSSR count). The Morgan fingerprint density at radius 2 is 1.75 bits per heavy atom. The summed E-state index contributed by atoms with van der Waals surface area (Å²) < 4.78 is 12.3. The summed E-state index contributed by atoms with van der Waals surface area (Å²) in [5.41, 5.74) is 2.50. The summed E-state index contributed by atoms with van der Waals surface area (Å²) in [6.45, 7) is 11.8. The van der Waals surface area contributed by atoms with Gasteiger partial charge in [0.2, 0.25) is 0 Å². The average molecular weight is 279 g/mol. The summed E-state index contributed by atoms with van der Waals surface area (Å²) in [6, 6.07) is 4.32. The fourth-order valence-corrected chi connectivity index (χ4v) is 2.51. The third-order valence-electron chi connectivity index (χ3n) is 3.86. The molecule has 0 N–H and O–H groups in total. The minimum atomic E-state index is -0.238. The quantitative estimate of drug-likeness (QED) is 0.844. The molecule has 2 heterocycles. The predicted octanol–water partition coefficient (Wildman–Crippen LogP) is 2.47. The zero-order valence-electron chi connectivity index (χ0n) is 12.9. The molecule has 0 bridgehead atoms. The van der Waals surface area contributed by atoms with Crippen molar-refractivity contribution in [2.45, 2.75) is 32.7 Å². The van der Waals surface area contributed by atoms with E-state index in [1.807, 2.05) is 6.20 Å². The molecule has 1 aliphatic heterocycles. The second-order valence-corrected chi connectivity index (χ2v) is 6.61. The molecule has 0 aliphatic carbocycles. The lowest BCUT2D eigenvalue weighted by Gasteiger charge is -2.34. The van der Waals surface area contributed by atoms with Gasteiger partial charge in [0.15, 0.2) is 0 Å². The first-order chi connectivity index (χ1) is 9.49. The number of pyridine rings is 1. The van der Waals surface area contributed by atoms with E-state index in [4.69, 9.17) is 0 Å². The van der Waals surface area contributed by atoms with Crippen LogP contribution in [-0.4, -0.2) is 54.2 Å². The monoisotopic (exact) mass is 279 g/mol. The minimum Gasteiger partial charge on any atom is -0.298 e. The molecule has 0 amide bonds. The molecule has 0 spiro atoms. The van der Waals surface area contributed by atoms with Crippen molar-refractivity contribution in [3.05, 3.63) is 29.6 Å². The predicted molar refractivity (Wildman–Crippen MR) is 80.6 cm³/mol. The molecule has 4 heteroatoms. The van der Waals surface area contributed by atoms with E-state index in [9.17, 15) is 4.39 Å². The number of aromatic nitrogens is 1. The van der Waals surface area contributed by atoms with E-state index >= 15 is 0 Å². The molecule has 112 valence electrons. The third kappa shape index (κ3) is 4.25. The van der Waals surface area contributed by atoms with Crippen molar-refractivity contribution < 1.29 is 4.39 Å². The fraction of sp³-hybridized carbons (Fsp3) is 0.688. The molecule has 0 aromatic carbocycles. The molecule has 20 heavy (non-hydrogen) atoms. The maximum atomic E-state index is 12.3. The fourth-order valence-electron chi connectivity index (χ4n) is 2.51. The lowest BCUT2D eigenvalue weighted by atomic mass is 9.91. The van der Waals surface area contributed by atoms with Gasteiger partial charge in [-0.25, -0.2) is 4.39 Å². The number of hydrogen-bond donors (Lipinski definition) is 0. The average Bonchev–Trinajstić information content (AvgIpc) is 2.41. The van der Waals surface area contributed by atoms with Crippen LogP contribution in [0.1, 0.15) is 32.0 Å². The van der Waals surface area contributed by atoms with Crippen molar-refractivity contribution in [3.8, 4) is 0 Å². The highest BCUT2D eigenvalue weighted by molar-refractivity contribution is 5.19. The number of rotatable bonds is 4. The van der Waals surface area contributed by atoms with Crippen molar-refractivity contribution in [3.63, 3.8) is 0 Å². The van der Waals surface area contributed by atoms with Gasteiger partial charge in [-0.05, 0) is 11.6 Å². The molecule has 0 atom stereocenters. The molecule has 1 aromatic heterocycles. The van der Waals surface area contributed by atoms with Crippen molar-refractivity contribution in [1.82, 2.24) is 14.8 Å². The SMILES string of the molecule is CC(C)(C)c1ccc(CN2CCN(CCF)CC2)cn1. The van der Waals surface area contributed by atoms with Crippen molar-refractivity contribution in [2.75, 3.05) is 39.4 Å². The Labute approximate surface area is 121 Å². The van der Waals surface area contributed by atoms with Crippen LogP contribution in [0.2, 0.25) is 0 Å². The molecule has 0 saturated carbocycles. The number of halogens is 1. The molecule has 1 fully saturated rings. The van der Waals surface area contributed by atoms with Crippen LogP contribution >= 0.6 is 0 Å². The summed E-state index contributed by atoms with van der Waals surface area (Å²) in [5, 5.41) is 0. The zero-order valence-corrected chi connectivity index (χ0v) is 12.9. The molecule has 3 nitrogen and oxygen atoms in total. The van der Waals surface area contributed by atoms with Gasteiger partial charge in [0.25, 0.3) is 0 Å². The minimum absolute atomic E-state index is 0.108.